The van der Waals surface area contributed by atoms with Gasteiger partial charge in [-0.25, -0.2) is 4.98 Å². The Labute approximate surface area is 204 Å². The first-order valence-corrected chi connectivity index (χ1v) is 11.8. The molecule has 9 heteroatoms. The Bertz CT molecular complexity index is 1250. The fourth-order valence-corrected chi connectivity index (χ4v) is 4.68. The van der Waals surface area contributed by atoms with Crippen LogP contribution in [-0.4, -0.2) is 50.9 Å². The number of aromatic amines is 1. The fourth-order valence-electron chi connectivity index (χ4n) is 4.68. The summed E-state index contributed by atoms with van der Waals surface area (Å²) in [6.45, 7) is 3.46. The first-order valence-electron chi connectivity index (χ1n) is 11.8. The van der Waals surface area contributed by atoms with Gasteiger partial charge < -0.3 is 19.9 Å². The van der Waals surface area contributed by atoms with Gasteiger partial charge in [-0.15, -0.1) is 6.42 Å². The van der Waals surface area contributed by atoms with Gasteiger partial charge in [0, 0.05) is 37.3 Å². The van der Waals surface area contributed by atoms with Gasteiger partial charge in [0.05, 0.1) is 16.0 Å². The molecule has 1 saturated carbocycles. The van der Waals surface area contributed by atoms with Crippen LogP contribution in [0.3, 0.4) is 0 Å². The van der Waals surface area contributed by atoms with E-state index >= 15 is 0 Å². The number of nitrogens with one attached hydrogen (secondary N) is 2. The predicted molar refractivity (Wildman–Crippen MR) is 133 cm³/mol. The molecule has 1 aromatic heterocycles. The molecule has 2 N–H and O–H groups in total. The average Bonchev–Trinajstić information content (AvgIpc) is 3.31. The van der Waals surface area contributed by atoms with Crippen LogP contribution in [0.5, 0.6) is 5.75 Å². The number of H-pyrrole nitrogens is 1. The van der Waals surface area contributed by atoms with Crippen LogP contribution < -0.4 is 10.1 Å². The van der Waals surface area contributed by atoms with Gasteiger partial charge in [-0.3, -0.25) is 14.9 Å². The van der Waals surface area contributed by atoms with E-state index in [1.807, 2.05) is 36.1 Å². The molecule has 0 saturated heterocycles. The van der Waals surface area contributed by atoms with Crippen LogP contribution in [0.4, 0.5) is 5.69 Å². The minimum atomic E-state index is -0.462. The summed E-state index contributed by atoms with van der Waals surface area (Å²) in [4.78, 5) is 33.1. The van der Waals surface area contributed by atoms with E-state index in [0.717, 1.165) is 37.0 Å². The largest absolute Gasteiger partial charge is 0.481 e. The highest BCUT2D eigenvalue weighted by molar-refractivity contribution is 5.94. The molecule has 2 unspecified atom stereocenters. The van der Waals surface area contributed by atoms with Crippen LogP contribution in [-0.2, 0) is 6.54 Å². The quantitative estimate of drug-likeness (QED) is 0.274. The van der Waals surface area contributed by atoms with E-state index in [1.54, 1.807) is 6.07 Å². The predicted octanol–water partition coefficient (Wildman–Crippen LogP) is 4.05. The van der Waals surface area contributed by atoms with Crippen LogP contribution >= 0.6 is 0 Å². The van der Waals surface area contributed by atoms with Crippen molar-refractivity contribution in [2.45, 2.75) is 51.2 Å². The summed E-state index contributed by atoms with van der Waals surface area (Å²) in [7, 11) is 0. The molecule has 0 radical (unpaired) electrons. The lowest BCUT2D eigenvalue weighted by molar-refractivity contribution is -0.384. The first kappa shape index (κ1) is 24.2. The van der Waals surface area contributed by atoms with Gasteiger partial charge >= 0.3 is 0 Å². The molecule has 4 rings (SSSR count). The lowest BCUT2D eigenvalue weighted by Gasteiger charge is -2.37. The Morgan fingerprint density at radius 2 is 2.20 bits per heavy atom. The van der Waals surface area contributed by atoms with Crippen molar-refractivity contribution in [3.63, 3.8) is 0 Å². The summed E-state index contributed by atoms with van der Waals surface area (Å²) >= 11 is 0. The molecular weight excluding hydrogens is 446 g/mol. The van der Waals surface area contributed by atoms with Gasteiger partial charge in [-0.2, -0.15) is 0 Å². The maximum atomic E-state index is 13.3. The number of carbonyl (C=O) groups excluding carboxylic acids is 1. The zero-order valence-electron chi connectivity index (χ0n) is 19.7. The van der Waals surface area contributed by atoms with Crippen molar-refractivity contribution in [2.24, 2.45) is 0 Å². The van der Waals surface area contributed by atoms with Gasteiger partial charge in [0.25, 0.3) is 11.6 Å². The summed E-state index contributed by atoms with van der Waals surface area (Å²) < 4.78 is 5.51. The molecule has 9 nitrogen and oxygen atoms in total. The van der Waals surface area contributed by atoms with E-state index < -0.39 is 4.92 Å². The average molecular weight is 476 g/mol. The van der Waals surface area contributed by atoms with E-state index in [2.05, 4.69) is 21.2 Å². The number of amides is 1. The Kier molecular flexibility index (Phi) is 7.63. The number of ether oxygens (including phenoxy) is 1. The minimum absolute atomic E-state index is 0.0400. The van der Waals surface area contributed by atoms with Gasteiger partial charge in [-0.1, -0.05) is 18.1 Å². The Balaban J connectivity index is 1.40. The minimum Gasteiger partial charge on any atom is -0.481 e. The molecule has 1 aliphatic rings. The molecule has 1 heterocycles. The number of rotatable bonds is 9. The molecule has 2 aromatic carbocycles. The standard InChI is InChI=1S/C26H29N5O4/c1-3-13-35-22-10-5-7-18(14-22)17-27-19-8-6-9-20(15-19)30(4-2)26(32)25-28-23-12-11-21(31(33)34)16-24(23)29-25/h1,5,7,10-12,14,16,19-20,27H,4,6,8-9,13,15,17H2,2H3,(H,28,29). The number of hydrogen-bond acceptors (Lipinski definition) is 6. The Hall–Kier alpha value is -3.90. The second kappa shape index (κ2) is 11.0. The molecule has 0 aliphatic heterocycles. The zero-order valence-corrected chi connectivity index (χ0v) is 19.7. The summed E-state index contributed by atoms with van der Waals surface area (Å²) in [5.74, 6) is 3.25. The number of terminal acetylenes is 1. The van der Waals surface area contributed by atoms with E-state index in [4.69, 9.17) is 11.2 Å². The van der Waals surface area contributed by atoms with Gasteiger partial charge in [0.1, 0.15) is 12.4 Å². The summed E-state index contributed by atoms with van der Waals surface area (Å²) in [5, 5.41) is 14.7. The Morgan fingerprint density at radius 3 is 2.97 bits per heavy atom. The number of fused-ring (bicyclic) bond motifs is 1. The number of non-ortho nitro benzene ring substituents is 1. The first-order chi connectivity index (χ1) is 17.0. The number of hydrogen-bond donors (Lipinski definition) is 2. The summed E-state index contributed by atoms with van der Waals surface area (Å²) in [6, 6.07) is 12.6. The fraction of sp³-hybridized carbons (Fsp3) is 0.385. The van der Waals surface area contributed by atoms with Crippen LogP contribution in [0.15, 0.2) is 42.5 Å². The third-order valence-corrected chi connectivity index (χ3v) is 6.38. The lowest BCUT2D eigenvalue weighted by Crippen LogP contribution is -2.47. The second-order valence-corrected chi connectivity index (χ2v) is 8.67. The molecule has 1 aliphatic carbocycles. The number of imidazole rings is 1. The van der Waals surface area contributed by atoms with E-state index in [9.17, 15) is 14.9 Å². The van der Waals surface area contributed by atoms with E-state index in [1.165, 1.54) is 12.1 Å². The molecule has 1 fully saturated rings. The number of aromatic nitrogens is 2. The molecule has 35 heavy (non-hydrogen) atoms. The Morgan fingerprint density at radius 1 is 1.34 bits per heavy atom. The van der Waals surface area contributed by atoms with Crippen molar-refractivity contribution in [3.8, 4) is 18.1 Å². The number of nitro benzene ring substituents is 1. The van der Waals surface area contributed by atoms with Gasteiger partial charge in [0.2, 0.25) is 0 Å². The van der Waals surface area contributed by atoms with Gasteiger partial charge in [0.15, 0.2) is 5.82 Å². The third kappa shape index (κ3) is 5.78. The molecule has 2 atom stereocenters. The normalized spacial score (nSPS) is 17.6. The highest BCUT2D eigenvalue weighted by Gasteiger charge is 2.30. The van der Waals surface area contributed by atoms with Crippen molar-refractivity contribution in [1.82, 2.24) is 20.2 Å². The smallest absolute Gasteiger partial charge is 0.289 e. The monoisotopic (exact) mass is 475 g/mol. The number of nitro groups is 1. The van der Waals surface area contributed by atoms with Crippen LogP contribution in [0.2, 0.25) is 0 Å². The van der Waals surface area contributed by atoms with Crippen molar-refractivity contribution >= 4 is 22.6 Å². The van der Waals surface area contributed by atoms with Crippen LogP contribution in [0.1, 0.15) is 48.8 Å². The molecule has 1 amide bonds. The van der Waals surface area contributed by atoms with Crippen molar-refractivity contribution in [1.29, 1.82) is 0 Å². The van der Waals surface area contributed by atoms with E-state index in [0.29, 0.717) is 24.1 Å². The summed E-state index contributed by atoms with van der Waals surface area (Å²) in [5.41, 5.74) is 2.09. The number of nitrogens with zero attached hydrogens (tertiary/aromatic N) is 3. The molecule has 0 bridgehead atoms. The van der Waals surface area contributed by atoms with Crippen LogP contribution in [0.25, 0.3) is 11.0 Å². The molecular formula is C26H29N5O4. The van der Waals surface area contributed by atoms with Crippen molar-refractivity contribution in [2.75, 3.05) is 13.2 Å². The number of carbonyl (C=O) groups is 1. The number of benzene rings is 2. The van der Waals surface area contributed by atoms with Gasteiger partial charge in [-0.05, 0) is 56.4 Å². The zero-order chi connectivity index (χ0) is 24.8. The highest BCUT2D eigenvalue weighted by atomic mass is 16.6. The molecule has 0 spiro atoms. The maximum absolute atomic E-state index is 13.3. The summed E-state index contributed by atoms with van der Waals surface area (Å²) in [6.07, 6.45) is 9.11. The molecule has 182 valence electrons. The topological polar surface area (TPSA) is 113 Å². The van der Waals surface area contributed by atoms with E-state index in [-0.39, 0.29) is 36.1 Å². The SMILES string of the molecule is C#CCOc1cccc(CNC2CCCC(N(CC)C(=O)c3nc4ccc([N+](=O)[O-])cc4[nH]3)C2)c1. The van der Waals surface area contributed by atoms with Crippen LogP contribution in [0, 0.1) is 22.5 Å². The lowest BCUT2D eigenvalue weighted by atomic mass is 9.89. The second-order valence-electron chi connectivity index (χ2n) is 8.67. The maximum Gasteiger partial charge on any atom is 0.289 e. The highest BCUT2D eigenvalue weighted by Crippen LogP contribution is 2.26. The van der Waals surface area contributed by atoms with Crippen molar-refractivity contribution < 1.29 is 14.5 Å². The molecule has 3 aromatic rings. The van der Waals surface area contributed by atoms with Crippen molar-refractivity contribution in [3.05, 3.63) is 64.0 Å². The third-order valence-electron chi connectivity index (χ3n) is 6.38.